The van der Waals surface area contributed by atoms with Gasteiger partial charge in [0.05, 0.1) is 16.7 Å². The Morgan fingerprint density at radius 1 is 1.03 bits per heavy atom. The van der Waals surface area contributed by atoms with E-state index >= 15 is 0 Å². The molecular weight excluding hydrogens is 399 g/mol. The Labute approximate surface area is 180 Å². The maximum Gasteiger partial charge on any atom is 0.317 e. The molecule has 31 heavy (non-hydrogen) atoms. The maximum absolute atomic E-state index is 13.7. The molecule has 162 valence electrons. The summed E-state index contributed by atoms with van der Waals surface area (Å²) in [6.45, 7) is -0.478. The summed E-state index contributed by atoms with van der Waals surface area (Å²) in [5.41, 5.74) is 0.380. The number of carbonyl (C=O) groups is 3. The second kappa shape index (κ2) is 8.88. The Hall–Kier alpha value is -3.22. The van der Waals surface area contributed by atoms with Gasteiger partial charge in [0, 0.05) is 6.04 Å². The van der Waals surface area contributed by atoms with Gasteiger partial charge in [-0.05, 0) is 55.5 Å². The first-order valence-corrected chi connectivity index (χ1v) is 10.6. The standard InChI is InChI=1S/C24H25FN2O4/c25-17-7-5-6-16(14-17)24(12-3-4-13-24)23(30)31-15-21(28)27-20-9-2-1-8-19(20)22(29)26-18-10-11-18/h1-2,5-9,14,18H,3-4,10-13,15H2,(H,26,29)(H,27,28). The van der Waals surface area contributed by atoms with Crippen molar-refractivity contribution in [3.8, 4) is 0 Å². The van der Waals surface area contributed by atoms with Gasteiger partial charge in [-0.15, -0.1) is 0 Å². The average Bonchev–Trinajstić information content (AvgIpc) is 3.43. The van der Waals surface area contributed by atoms with Crippen LogP contribution in [-0.4, -0.2) is 30.4 Å². The molecule has 0 bridgehead atoms. The number of hydrogen-bond donors (Lipinski definition) is 2. The molecule has 0 aromatic heterocycles. The monoisotopic (exact) mass is 424 g/mol. The predicted molar refractivity (Wildman–Crippen MR) is 113 cm³/mol. The number of amides is 2. The van der Waals surface area contributed by atoms with E-state index in [1.807, 2.05) is 0 Å². The number of rotatable bonds is 7. The summed E-state index contributed by atoms with van der Waals surface area (Å²) in [6.07, 6.45) is 4.71. The molecule has 0 atom stereocenters. The van der Waals surface area contributed by atoms with Crippen LogP contribution in [0.4, 0.5) is 10.1 Å². The summed E-state index contributed by atoms with van der Waals surface area (Å²) in [5, 5.41) is 5.55. The third kappa shape index (κ3) is 4.76. The molecule has 0 unspecified atom stereocenters. The lowest BCUT2D eigenvalue weighted by Gasteiger charge is -2.27. The van der Waals surface area contributed by atoms with Crippen LogP contribution in [0.3, 0.4) is 0 Å². The summed E-state index contributed by atoms with van der Waals surface area (Å²) < 4.78 is 19.1. The second-order valence-corrected chi connectivity index (χ2v) is 8.22. The number of ether oxygens (including phenoxy) is 1. The average molecular weight is 424 g/mol. The lowest BCUT2D eigenvalue weighted by Crippen LogP contribution is -2.36. The van der Waals surface area contributed by atoms with E-state index in [1.165, 1.54) is 12.1 Å². The van der Waals surface area contributed by atoms with E-state index in [0.717, 1.165) is 25.7 Å². The maximum atomic E-state index is 13.7. The van der Waals surface area contributed by atoms with Gasteiger partial charge < -0.3 is 15.4 Å². The smallest absolute Gasteiger partial charge is 0.317 e. The normalized spacial score (nSPS) is 17.1. The van der Waals surface area contributed by atoms with Gasteiger partial charge in [-0.25, -0.2) is 4.39 Å². The molecule has 0 radical (unpaired) electrons. The van der Waals surface area contributed by atoms with Crippen LogP contribution in [-0.2, 0) is 19.7 Å². The lowest BCUT2D eigenvalue weighted by atomic mass is 9.79. The van der Waals surface area contributed by atoms with Crippen LogP contribution in [0, 0.1) is 5.82 Å². The molecule has 2 N–H and O–H groups in total. The van der Waals surface area contributed by atoms with Gasteiger partial charge in [-0.3, -0.25) is 14.4 Å². The Morgan fingerprint density at radius 2 is 1.77 bits per heavy atom. The van der Waals surface area contributed by atoms with Gasteiger partial charge in [-0.2, -0.15) is 0 Å². The van der Waals surface area contributed by atoms with E-state index in [0.29, 0.717) is 29.7 Å². The van der Waals surface area contributed by atoms with Gasteiger partial charge in [0.1, 0.15) is 5.82 Å². The largest absolute Gasteiger partial charge is 0.455 e. The fourth-order valence-corrected chi connectivity index (χ4v) is 4.11. The first kappa shape index (κ1) is 21.0. The quantitative estimate of drug-likeness (QED) is 0.664. The molecule has 0 heterocycles. The second-order valence-electron chi connectivity index (χ2n) is 8.22. The number of benzene rings is 2. The highest BCUT2D eigenvalue weighted by Gasteiger charge is 2.44. The number of carbonyl (C=O) groups excluding carboxylic acids is 3. The topological polar surface area (TPSA) is 84.5 Å². The molecule has 2 aromatic carbocycles. The van der Waals surface area contributed by atoms with Crippen LogP contribution in [0.15, 0.2) is 48.5 Å². The van der Waals surface area contributed by atoms with E-state index in [9.17, 15) is 18.8 Å². The van der Waals surface area contributed by atoms with Crippen molar-refractivity contribution in [2.75, 3.05) is 11.9 Å². The Morgan fingerprint density at radius 3 is 2.48 bits per heavy atom. The minimum Gasteiger partial charge on any atom is -0.455 e. The first-order valence-electron chi connectivity index (χ1n) is 10.6. The summed E-state index contributed by atoms with van der Waals surface area (Å²) in [5.74, 6) is -1.71. The zero-order valence-electron chi connectivity index (χ0n) is 17.2. The van der Waals surface area contributed by atoms with Gasteiger partial charge in [0.15, 0.2) is 6.61 Å². The number of para-hydroxylation sites is 1. The number of hydrogen-bond acceptors (Lipinski definition) is 4. The van der Waals surface area contributed by atoms with Crippen LogP contribution >= 0.6 is 0 Å². The van der Waals surface area contributed by atoms with Gasteiger partial charge in [0.25, 0.3) is 11.8 Å². The molecule has 0 saturated heterocycles. The van der Waals surface area contributed by atoms with Gasteiger partial charge >= 0.3 is 5.97 Å². The van der Waals surface area contributed by atoms with Crippen molar-refractivity contribution >= 4 is 23.5 Å². The van der Waals surface area contributed by atoms with Crippen LogP contribution in [0.1, 0.15) is 54.4 Å². The van der Waals surface area contributed by atoms with Gasteiger partial charge in [0.2, 0.25) is 0 Å². The fraction of sp³-hybridized carbons (Fsp3) is 0.375. The lowest BCUT2D eigenvalue weighted by molar-refractivity contribution is -0.153. The van der Waals surface area contributed by atoms with Crippen molar-refractivity contribution in [3.63, 3.8) is 0 Å². The Bertz CT molecular complexity index is 997. The molecule has 0 spiro atoms. The van der Waals surface area contributed by atoms with Crippen LogP contribution in [0.5, 0.6) is 0 Å². The summed E-state index contributed by atoms with van der Waals surface area (Å²) in [4.78, 5) is 37.8. The first-order chi connectivity index (χ1) is 15.0. The molecule has 2 amide bonds. The van der Waals surface area contributed by atoms with E-state index in [-0.39, 0.29) is 11.9 Å². The zero-order chi connectivity index (χ0) is 21.8. The van der Waals surface area contributed by atoms with Crippen molar-refractivity contribution < 1.29 is 23.5 Å². The van der Waals surface area contributed by atoms with Crippen LogP contribution in [0.2, 0.25) is 0 Å². The Kier molecular flexibility index (Phi) is 6.02. The third-order valence-corrected chi connectivity index (χ3v) is 5.92. The molecule has 2 fully saturated rings. The highest BCUT2D eigenvalue weighted by atomic mass is 19.1. The molecule has 7 heteroatoms. The summed E-state index contributed by atoms with van der Waals surface area (Å²) in [7, 11) is 0. The fourth-order valence-electron chi connectivity index (χ4n) is 4.11. The minimum atomic E-state index is -0.926. The highest BCUT2D eigenvalue weighted by molar-refractivity contribution is 6.04. The minimum absolute atomic E-state index is 0.197. The molecule has 2 aliphatic carbocycles. The molecule has 2 saturated carbocycles. The van der Waals surface area contributed by atoms with Crippen molar-refractivity contribution in [3.05, 3.63) is 65.5 Å². The summed E-state index contributed by atoms with van der Waals surface area (Å²) in [6, 6.07) is 12.9. The highest BCUT2D eigenvalue weighted by Crippen LogP contribution is 2.42. The SMILES string of the molecule is O=C(COC(=O)C1(c2cccc(F)c2)CCCC1)Nc1ccccc1C(=O)NC1CC1. The van der Waals surface area contributed by atoms with Crippen LogP contribution < -0.4 is 10.6 Å². The summed E-state index contributed by atoms with van der Waals surface area (Å²) >= 11 is 0. The molecule has 4 rings (SSSR count). The Balaban J connectivity index is 1.40. The number of nitrogens with one attached hydrogen (secondary N) is 2. The van der Waals surface area contributed by atoms with Crippen molar-refractivity contribution in [1.29, 1.82) is 0 Å². The number of anilines is 1. The third-order valence-electron chi connectivity index (χ3n) is 5.92. The van der Waals surface area contributed by atoms with E-state index in [4.69, 9.17) is 4.74 Å². The van der Waals surface area contributed by atoms with E-state index in [1.54, 1.807) is 36.4 Å². The predicted octanol–water partition coefficient (Wildman–Crippen LogP) is 3.71. The van der Waals surface area contributed by atoms with Gasteiger partial charge in [-0.1, -0.05) is 37.1 Å². The van der Waals surface area contributed by atoms with Crippen molar-refractivity contribution in [1.82, 2.24) is 5.32 Å². The van der Waals surface area contributed by atoms with Crippen molar-refractivity contribution in [2.45, 2.75) is 50.0 Å². The molecule has 0 aliphatic heterocycles. The number of esters is 1. The molecule has 6 nitrogen and oxygen atoms in total. The molecular formula is C24H25FN2O4. The molecule has 2 aliphatic rings. The molecule has 2 aromatic rings. The zero-order valence-corrected chi connectivity index (χ0v) is 17.2. The van der Waals surface area contributed by atoms with E-state index in [2.05, 4.69) is 10.6 Å². The number of halogens is 1. The van der Waals surface area contributed by atoms with E-state index < -0.39 is 29.7 Å². The van der Waals surface area contributed by atoms with Crippen molar-refractivity contribution in [2.24, 2.45) is 0 Å². The van der Waals surface area contributed by atoms with Crippen LogP contribution in [0.25, 0.3) is 0 Å².